The van der Waals surface area contributed by atoms with Crippen LogP contribution in [0.5, 0.6) is 11.6 Å². The average molecular weight is 262 g/mol. The normalized spacial score (nSPS) is 10.2. The van der Waals surface area contributed by atoms with Crippen molar-refractivity contribution >= 4 is 11.6 Å². The number of hydrogen-bond donors (Lipinski definition) is 0. The number of halogens is 1. The van der Waals surface area contributed by atoms with Crippen molar-refractivity contribution in [2.24, 2.45) is 7.05 Å². The number of aromatic nitrogens is 2. The Morgan fingerprint density at radius 2 is 2.11 bits per heavy atom. The molecule has 0 aliphatic heterocycles. The predicted molar refractivity (Wildman–Crippen MR) is 68.9 cm³/mol. The highest BCUT2D eigenvalue weighted by Crippen LogP contribution is 2.30. The lowest BCUT2D eigenvalue weighted by Gasteiger charge is -2.09. The molecule has 4 nitrogen and oxygen atoms in total. The molecule has 0 spiro atoms. The second kappa shape index (κ2) is 4.71. The van der Waals surface area contributed by atoms with Crippen LogP contribution in [0.4, 0.5) is 0 Å². The Kier molecular flexibility index (Phi) is 3.26. The van der Waals surface area contributed by atoms with Crippen LogP contribution in [-0.2, 0) is 7.05 Å². The zero-order valence-electron chi connectivity index (χ0n) is 10.4. The van der Waals surface area contributed by atoms with Crippen LogP contribution in [0.2, 0.25) is 5.02 Å². The highest BCUT2D eigenvalue weighted by Gasteiger charge is 2.16. The molecule has 18 heavy (non-hydrogen) atoms. The van der Waals surface area contributed by atoms with E-state index in [1.54, 1.807) is 30.8 Å². The first-order valence-electron chi connectivity index (χ1n) is 5.40. The Morgan fingerprint density at radius 3 is 2.78 bits per heavy atom. The molecular weight excluding hydrogens is 250 g/mol. The molecule has 0 radical (unpaired) electrons. The van der Waals surface area contributed by atoms with Crippen molar-refractivity contribution in [2.75, 3.05) is 0 Å². The fourth-order valence-electron chi connectivity index (χ4n) is 1.67. The molecule has 0 fully saturated rings. The summed E-state index contributed by atoms with van der Waals surface area (Å²) in [4.78, 5) is 0. The van der Waals surface area contributed by atoms with Crippen molar-refractivity contribution < 1.29 is 4.74 Å². The van der Waals surface area contributed by atoms with Gasteiger partial charge in [-0.25, -0.2) is 4.68 Å². The third-order valence-corrected chi connectivity index (χ3v) is 2.87. The monoisotopic (exact) mass is 261 g/mol. The summed E-state index contributed by atoms with van der Waals surface area (Å²) in [5, 5.41) is 13.9. The van der Waals surface area contributed by atoms with Gasteiger partial charge in [0.05, 0.1) is 5.69 Å². The lowest BCUT2D eigenvalue weighted by molar-refractivity contribution is 0.426. The minimum Gasteiger partial charge on any atom is -0.438 e. The van der Waals surface area contributed by atoms with E-state index in [4.69, 9.17) is 21.6 Å². The predicted octanol–water partition coefficient (Wildman–Crippen LogP) is 3.35. The highest BCUT2D eigenvalue weighted by atomic mass is 35.5. The zero-order chi connectivity index (χ0) is 13.3. The number of aryl methyl sites for hydroxylation is 3. The van der Waals surface area contributed by atoms with Crippen molar-refractivity contribution in [1.82, 2.24) is 9.78 Å². The smallest absolute Gasteiger partial charge is 0.235 e. The summed E-state index contributed by atoms with van der Waals surface area (Å²) in [7, 11) is 1.74. The Balaban J connectivity index is 2.46. The molecule has 0 atom stereocenters. The van der Waals surface area contributed by atoms with Gasteiger partial charge in [-0.1, -0.05) is 17.7 Å². The lowest BCUT2D eigenvalue weighted by Crippen LogP contribution is -1.97. The molecule has 0 saturated carbocycles. The summed E-state index contributed by atoms with van der Waals surface area (Å²) in [6.45, 7) is 3.69. The van der Waals surface area contributed by atoms with E-state index in [2.05, 4.69) is 11.2 Å². The van der Waals surface area contributed by atoms with Gasteiger partial charge in [0, 0.05) is 12.1 Å². The van der Waals surface area contributed by atoms with Gasteiger partial charge >= 0.3 is 0 Å². The summed E-state index contributed by atoms with van der Waals surface area (Å²) >= 11 is 5.93. The van der Waals surface area contributed by atoms with Gasteiger partial charge in [0.25, 0.3) is 0 Å². The van der Waals surface area contributed by atoms with Crippen molar-refractivity contribution in [1.29, 1.82) is 5.26 Å². The van der Waals surface area contributed by atoms with E-state index in [0.717, 1.165) is 5.56 Å². The Bertz CT molecular complexity index is 640. The van der Waals surface area contributed by atoms with E-state index in [1.807, 2.05) is 13.0 Å². The fraction of sp³-hybridized carbons (Fsp3) is 0.231. The van der Waals surface area contributed by atoms with Gasteiger partial charge in [0.2, 0.25) is 5.88 Å². The van der Waals surface area contributed by atoms with Crippen LogP contribution in [0.15, 0.2) is 18.2 Å². The molecule has 0 aliphatic carbocycles. The number of nitrogens with zero attached hydrogens (tertiary/aromatic N) is 3. The van der Waals surface area contributed by atoms with Gasteiger partial charge in [0.1, 0.15) is 17.4 Å². The van der Waals surface area contributed by atoms with Crippen LogP contribution in [0, 0.1) is 25.2 Å². The zero-order valence-corrected chi connectivity index (χ0v) is 11.1. The first-order chi connectivity index (χ1) is 8.52. The summed E-state index contributed by atoms with van der Waals surface area (Å²) in [6.07, 6.45) is 0. The third-order valence-electron chi connectivity index (χ3n) is 2.64. The number of hydrogen-bond acceptors (Lipinski definition) is 3. The van der Waals surface area contributed by atoms with E-state index in [-0.39, 0.29) is 0 Å². The molecule has 5 heteroatoms. The number of nitriles is 1. The molecule has 0 saturated heterocycles. The third kappa shape index (κ3) is 2.18. The van der Waals surface area contributed by atoms with Crippen LogP contribution in [-0.4, -0.2) is 9.78 Å². The molecule has 2 rings (SSSR count). The van der Waals surface area contributed by atoms with E-state index >= 15 is 0 Å². The Labute approximate surface area is 110 Å². The molecule has 0 aliphatic rings. The quantitative estimate of drug-likeness (QED) is 0.833. The van der Waals surface area contributed by atoms with Gasteiger partial charge in [-0.3, -0.25) is 0 Å². The van der Waals surface area contributed by atoms with Crippen LogP contribution in [0.25, 0.3) is 0 Å². The standard InChI is InChI=1S/C13H12ClN3O/c1-8-4-5-10(14)6-12(8)18-13-11(7-15)9(2)16-17(13)3/h4-6H,1-3H3. The molecule has 0 amide bonds. The van der Waals surface area contributed by atoms with Crippen molar-refractivity contribution in [3.63, 3.8) is 0 Å². The number of ether oxygens (including phenoxy) is 1. The minimum atomic E-state index is 0.431. The van der Waals surface area contributed by atoms with E-state index in [9.17, 15) is 0 Å². The van der Waals surface area contributed by atoms with Gasteiger partial charge < -0.3 is 4.74 Å². The Hall–Kier alpha value is -1.99. The number of benzene rings is 1. The van der Waals surface area contributed by atoms with Gasteiger partial charge in [0.15, 0.2) is 0 Å². The SMILES string of the molecule is Cc1ccc(Cl)cc1Oc1c(C#N)c(C)nn1C. The maximum Gasteiger partial charge on any atom is 0.235 e. The van der Waals surface area contributed by atoms with Crippen molar-refractivity contribution in [3.8, 4) is 17.7 Å². The summed E-state index contributed by atoms with van der Waals surface area (Å²) in [6, 6.07) is 7.48. The summed E-state index contributed by atoms with van der Waals surface area (Å²) in [5.74, 6) is 1.06. The minimum absolute atomic E-state index is 0.431. The first kappa shape index (κ1) is 12.5. The second-order valence-corrected chi connectivity index (χ2v) is 4.45. The van der Waals surface area contributed by atoms with Gasteiger partial charge in [-0.05, 0) is 31.5 Å². The Morgan fingerprint density at radius 1 is 1.39 bits per heavy atom. The molecule has 0 bridgehead atoms. The molecule has 0 unspecified atom stereocenters. The van der Waals surface area contributed by atoms with Crippen molar-refractivity contribution in [3.05, 3.63) is 40.0 Å². The van der Waals surface area contributed by atoms with Crippen LogP contribution in [0.1, 0.15) is 16.8 Å². The highest BCUT2D eigenvalue weighted by molar-refractivity contribution is 6.30. The summed E-state index contributed by atoms with van der Waals surface area (Å²) in [5.41, 5.74) is 2.04. The van der Waals surface area contributed by atoms with Gasteiger partial charge in [-0.15, -0.1) is 0 Å². The largest absolute Gasteiger partial charge is 0.438 e. The molecule has 1 aromatic carbocycles. The van der Waals surface area contributed by atoms with Crippen LogP contribution < -0.4 is 4.74 Å². The first-order valence-corrected chi connectivity index (χ1v) is 5.78. The molecule has 1 heterocycles. The maximum atomic E-state index is 9.11. The van der Waals surface area contributed by atoms with E-state index in [1.165, 1.54) is 0 Å². The summed E-state index contributed by atoms with van der Waals surface area (Å²) < 4.78 is 7.31. The van der Waals surface area contributed by atoms with Crippen molar-refractivity contribution in [2.45, 2.75) is 13.8 Å². The fourth-order valence-corrected chi connectivity index (χ4v) is 1.83. The molecule has 0 N–H and O–H groups in total. The average Bonchev–Trinajstić information content (AvgIpc) is 2.58. The maximum absolute atomic E-state index is 9.11. The number of rotatable bonds is 2. The lowest BCUT2D eigenvalue weighted by atomic mass is 10.2. The molecule has 2 aromatic rings. The van der Waals surface area contributed by atoms with E-state index in [0.29, 0.717) is 27.9 Å². The second-order valence-electron chi connectivity index (χ2n) is 4.01. The van der Waals surface area contributed by atoms with Crippen LogP contribution in [0.3, 0.4) is 0 Å². The molecular formula is C13H12ClN3O. The van der Waals surface area contributed by atoms with Crippen LogP contribution >= 0.6 is 11.6 Å². The molecule has 1 aromatic heterocycles. The topological polar surface area (TPSA) is 50.8 Å². The molecule has 92 valence electrons. The van der Waals surface area contributed by atoms with Gasteiger partial charge in [-0.2, -0.15) is 10.4 Å². The van der Waals surface area contributed by atoms with E-state index < -0.39 is 0 Å².